The van der Waals surface area contributed by atoms with Gasteiger partial charge in [-0.2, -0.15) is 0 Å². The van der Waals surface area contributed by atoms with Gasteiger partial charge in [-0.1, -0.05) is 37.8 Å². The molecular weight excluding hydrogens is 355 g/mol. The summed E-state index contributed by atoms with van der Waals surface area (Å²) in [6.07, 6.45) is 7.98. The van der Waals surface area contributed by atoms with Crippen molar-refractivity contribution in [1.82, 2.24) is 10.2 Å². The molecule has 4 nitrogen and oxygen atoms in total. The number of nitrogens with zero attached hydrogens (tertiary/aromatic N) is 1. The zero-order valence-electron chi connectivity index (χ0n) is 14.9. The molecule has 1 aromatic carbocycles. The molecule has 0 aromatic heterocycles. The molecule has 0 heterocycles. The predicted molar refractivity (Wildman–Crippen MR) is 99.4 cm³/mol. The molecule has 2 aliphatic carbocycles. The second kappa shape index (κ2) is 8.85. The van der Waals surface area contributed by atoms with Crippen molar-refractivity contribution >= 4 is 23.4 Å². The average Bonchev–Trinajstić information content (AvgIpc) is 3.34. The highest BCUT2D eigenvalue weighted by Gasteiger charge is 2.37. The van der Waals surface area contributed by atoms with E-state index >= 15 is 0 Å². The van der Waals surface area contributed by atoms with Crippen LogP contribution in [0.15, 0.2) is 24.3 Å². The maximum Gasteiger partial charge on any atom is 0.247 e. The van der Waals surface area contributed by atoms with E-state index in [4.69, 9.17) is 11.6 Å². The van der Waals surface area contributed by atoms with E-state index in [0.717, 1.165) is 51.4 Å². The number of carbonyl (C=O) groups is 2. The van der Waals surface area contributed by atoms with Crippen molar-refractivity contribution in [2.45, 2.75) is 69.5 Å². The molecule has 1 unspecified atom stereocenters. The Morgan fingerprint density at radius 1 is 1.08 bits per heavy atom. The minimum Gasteiger partial charge on any atom is -0.351 e. The Kier molecular flexibility index (Phi) is 6.52. The zero-order chi connectivity index (χ0) is 18.5. The number of hydrogen-bond donors (Lipinski definition) is 1. The lowest BCUT2D eigenvalue weighted by atomic mass is 10.0. The highest BCUT2D eigenvalue weighted by molar-refractivity contribution is 6.27. The molecule has 1 atom stereocenters. The van der Waals surface area contributed by atoms with E-state index in [0.29, 0.717) is 5.56 Å². The Labute approximate surface area is 159 Å². The van der Waals surface area contributed by atoms with Gasteiger partial charge < -0.3 is 10.2 Å². The molecule has 1 aromatic rings. The van der Waals surface area contributed by atoms with Crippen molar-refractivity contribution in [2.24, 2.45) is 0 Å². The fraction of sp³-hybridized carbons (Fsp3) is 0.600. The van der Waals surface area contributed by atoms with Crippen molar-refractivity contribution in [2.75, 3.05) is 5.88 Å². The third kappa shape index (κ3) is 4.37. The largest absolute Gasteiger partial charge is 0.351 e. The van der Waals surface area contributed by atoms with Gasteiger partial charge >= 0.3 is 0 Å². The Balaban J connectivity index is 1.92. The molecule has 2 amide bonds. The molecule has 142 valence electrons. The van der Waals surface area contributed by atoms with E-state index < -0.39 is 6.04 Å². The maximum absolute atomic E-state index is 13.4. The quantitative estimate of drug-likeness (QED) is 0.760. The zero-order valence-corrected chi connectivity index (χ0v) is 15.7. The second-order valence-electron chi connectivity index (χ2n) is 7.32. The topological polar surface area (TPSA) is 49.4 Å². The Morgan fingerprint density at radius 3 is 2.23 bits per heavy atom. The van der Waals surface area contributed by atoms with Gasteiger partial charge in [-0.3, -0.25) is 9.59 Å². The van der Waals surface area contributed by atoms with Crippen molar-refractivity contribution in [1.29, 1.82) is 0 Å². The first-order valence-electron chi connectivity index (χ1n) is 9.53. The fourth-order valence-electron chi connectivity index (χ4n) is 4.24. The van der Waals surface area contributed by atoms with Gasteiger partial charge in [-0.25, -0.2) is 4.39 Å². The fourth-order valence-corrected chi connectivity index (χ4v) is 4.38. The maximum atomic E-state index is 13.4. The summed E-state index contributed by atoms with van der Waals surface area (Å²) < 4.78 is 13.4. The SMILES string of the molecule is O=C(NC1CCCC1)C(c1ccc(F)cc1)N(C(=O)CCl)C1CCCC1. The summed E-state index contributed by atoms with van der Waals surface area (Å²) in [6, 6.07) is 5.26. The predicted octanol–water partition coefficient (Wildman–Crippen LogP) is 3.94. The number of carbonyl (C=O) groups excluding carboxylic acids is 2. The van der Waals surface area contributed by atoms with E-state index in [-0.39, 0.29) is 35.6 Å². The van der Waals surface area contributed by atoms with Crippen LogP contribution in [0.3, 0.4) is 0 Å². The summed E-state index contributed by atoms with van der Waals surface area (Å²) in [6.45, 7) is 0. The van der Waals surface area contributed by atoms with Gasteiger partial charge in [0.05, 0.1) is 0 Å². The van der Waals surface area contributed by atoms with Crippen LogP contribution >= 0.6 is 11.6 Å². The number of alkyl halides is 1. The normalized spacial score (nSPS) is 19.5. The number of amides is 2. The Bertz CT molecular complexity index is 625. The van der Waals surface area contributed by atoms with Gasteiger partial charge in [-0.15, -0.1) is 11.6 Å². The lowest BCUT2D eigenvalue weighted by Gasteiger charge is -2.36. The van der Waals surface area contributed by atoms with Crippen molar-refractivity contribution in [3.05, 3.63) is 35.6 Å². The standard InChI is InChI=1S/C20H26ClFN2O2/c21-13-18(25)24(17-7-3-4-8-17)19(14-9-11-15(22)12-10-14)20(26)23-16-5-1-2-6-16/h9-12,16-17,19H,1-8,13H2,(H,23,26). The third-order valence-corrected chi connectivity index (χ3v) is 5.76. The van der Waals surface area contributed by atoms with E-state index in [1.165, 1.54) is 12.1 Å². The molecule has 2 fully saturated rings. The minimum atomic E-state index is -0.759. The molecular formula is C20H26ClFN2O2. The highest BCUT2D eigenvalue weighted by Crippen LogP contribution is 2.32. The van der Waals surface area contributed by atoms with E-state index in [9.17, 15) is 14.0 Å². The molecule has 2 saturated carbocycles. The molecule has 0 aliphatic heterocycles. The summed E-state index contributed by atoms with van der Waals surface area (Å²) >= 11 is 5.87. The van der Waals surface area contributed by atoms with Gasteiger partial charge in [0.25, 0.3) is 0 Å². The van der Waals surface area contributed by atoms with Crippen molar-refractivity contribution in [3.8, 4) is 0 Å². The van der Waals surface area contributed by atoms with Crippen LogP contribution in [0.2, 0.25) is 0 Å². The highest BCUT2D eigenvalue weighted by atomic mass is 35.5. The summed E-state index contributed by atoms with van der Waals surface area (Å²) in [5.41, 5.74) is 0.632. The molecule has 0 spiro atoms. The van der Waals surface area contributed by atoms with Gasteiger partial charge in [0.1, 0.15) is 17.7 Å². The van der Waals surface area contributed by atoms with Crippen LogP contribution in [0.1, 0.15) is 63.0 Å². The van der Waals surface area contributed by atoms with Crippen LogP contribution in [0.4, 0.5) is 4.39 Å². The molecule has 6 heteroatoms. The smallest absolute Gasteiger partial charge is 0.247 e. The van der Waals surface area contributed by atoms with E-state index in [1.807, 2.05) is 0 Å². The first kappa shape index (κ1) is 19.2. The molecule has 0 saturated heterocycles. The van der Waals surface area contributed by atoms with Crippen LogP contribution in [0, 0.1) is 5.82 Å². The van der Waals surface area contributed by atoms with Gasteiger partial charge in [0.15, 0.2) is 0 Å². The van der Waals surface area contributed by atoms with Crippen molar-refractivity contribution < 1.29 is 14.0 Å². The van der Waals surface area contributed by atoms with Crippen LogP contribution in [0.25, 0.3) is 0 Å². The van der Waals surface area contributed by atoms with Crippen LogP contribution < -0.4 is 5.32 Å². The van der Waals surface area contributed by atoms with Crippen LogP contribution in [0.5, 0.6) is 0 Å². The summed E-state index contributed by atoms with van der Waals surface area (Å²) in [5.74, 6) is -0.951. The average molecular weight is 381 g/mol. The lowest BCUT2D eigenvalue weighted by molar-refractivity contribution is -0.142. The summed E-state index contributed by atoms with van der Waals surface area (Å²) in [7, 11) is 0. The van der Waals surface area contributed by atoms with Gasteiger partial charge in [0.2, 0.25) is 11.8 Å². The number of hydrogen-bond acceptors (Lipinski definition) is 2. The lowest BCUT2D eigenvalue weighted by Crippen LogP contribution is -2.50. The Morgan fingerprint density at radius 2 is 1.65 bits per heavy atom. The first-order valence-corrected chi connectivity index (χ1v) is 10.1. The van der Waals surface area contributed by atoms with E-state index in [1.54, 1.807) is 17.0 Å². The van der Waals surface area contributed by atoms with E-state index in [2.05, 4.69) is 5.32 Å². The number of rotatable bonds is 6. The van der Waals surface area contributed by atoms with Crippen molar-refractivity contribution in [3.63, 3.8) is 0 Å². The molecule has 2 aliphatic rings. The second-order valence-corrected chi connectivity index (χ2v) is 7.58. The molecule has 1 N–H and O–H groups in total. The van der Waals surface area contributed by atoms with Crippen LogP contribution in [-0.4, -0.2) is 34.7 Å². The molecule has 0 bridgehead atoms. The van der Waals surface area contributed by atoms with Gasteiger partial charge in [0, 0.05) is 12.1 Å². The summed E-state index contributed by atoms with van der Waals surface area (Å²) in [5, 5.41) is 3.11. The first-order chi connectivity index (χ1) is 12.6. The minimum absolute atomic E-state index is 0.00521. The Hall–Kier alpha value is -1.62. The third-order valence-electron chi connectivity index (χ3n) is 5.53. The molecule has 3 rings (SSSR count). The van der Waals surface area contributed by atoms with Crippen LogP contribution in [-0.2, 0) is 9.59 Å². The monoisotopic (exact) mass is 380 g/mol. The molecule has 26 heavy (non-hydrogen) atoms. The van der Waals surface area contributed by atoms with Gasteiger partial charge in [-0.05, 0) is 43.4 Å². The molecule has 0 radical (unpaired) electrons. The number of nitrogens with one attached hydrogen (secondary N) is 1. The number of halogens is 2. The summed E-state index contributed by atoms with van der Waals surface area (Å²) in [4.78, 5) is 27.5. The number of benzene rings is 1.